The summed E-state index contributed by atoms with van der Waals surface area (Å²) in [7, 11) is 0. The fourth-order valence-electron chi connectivity index (χ4n) is 8.48. The third-order valence-electron chi connectivity index (χ3n) is 11.5. The Labute approximate surface area is 337 Å². The number of hydrogen-bond donors (Lipinski definition) is 0. The van der Waals surface area contributed by atoms with Gasteiger partial charge in [0.05, 0.1) is 11.4 Å². The van der Waals surface area contributed by atoms with E-state index in [1.807, 2.05) is 0 Å². The molecule has 0 atom stereocenters. The second-order valence-electron chi connectivity index (χ2n) is 15.0. The lowest BCUT2D eigenvalue weighted by atomic mass is 9.89. The van der Waals surface area contributed by atoms with Crippen LogP contribution in [0.2, 0.25) is 0 Å². The Morgan fingerprint density at radius 2 is 0.759 bits per heavy atom. The van der Waals surface area contributed by atoms with E-state index in [1.54, 1.807) is 0 Å². The molecule has 11 rings (SSSR count). The third kappa shape index (κ3) is 6.09. The van der Waals surface area contributed by atoms with Gasteiger partial charge in [0.2, 0.25) is 0 Å². The largest absolute Gasteiger partial charge is 0.228 e. The summed E-state index contributed by atoms with van der Waals surface area (Å²) in [4.78, 5) is 10.5. The van der Waals surface area contributed by atoms with E-state index in [-0.39, 0.29) is 0 Å². The molecule has 11 aromatic rings. The van der Waals surface area contributed by atoms with Crippen molar-refractivity contribution in [1.82, 2.24) is 9.97 Å². The molecule has 0 unspecified atom stereocenters. The molecule has 58 heavy (non-hydrogen) atoms. The summed E-state index contributed by atoms with van der Waals surface area (Å²) in [6, 6.07) is 78.3. The number of nitrogens with zero attached hydrogens (tertiary/aromatic N) is 2. The quantitative estimate of drug-likeness (QED) is 0.125. The Hall–Kier alpha value is -7.68. The predicted molar refractivity (Wildman–Crippen MR) is 245 cm³/mol. The zero-order valence-electron chi connectivity index (χ0n) is 31.7. The zero-order valence-corrected chi connectivity index (χ0v) is 31.7. The number of fused-ring (bicyclic) bond motifs is 5. The van der Waals surface area contributed by atoms with Crippen LogP contribution in [0.4, 0.5) is 0 Å². The Morgan fingerprint density at radius 1 is 0.224 bits per heavy atom. The molecule has 270 valence electrons. The Kier molecular flexibility index (Phi) is 8.19. The van der Waals surface area contributed by atoms with Crippen LogP contribution in [0.5, 0.6) is 0 Å². The van der Waals surface area contributed by atoms with Crippen molar-refractivity contribution in [2.45, 2.75) is 0 Å². The van der Waals surface area contributed by atoms with E-state index in [0.717, 1.165) is 39.2 Å². The maximum absolute atomic E-state index is 5.25. The van der Waals surface area contributed by atoms with Crippen molar-refractivity contribution >= 4 is 43.1 Å². The van der Waals surface area contributed by atoms with Gasteiger partial charge in [-0.3, -0.25) is 0 Å². The van der Waals surface area contributed by atoms with E-state index >= 15 is 0 Å². The van der Waals surface area contributed by atoms with Crippen LogP contribution in [0.25, 0.3) is 110 Å². The van der Waals surface area contributed by atoms with Crippen LogP contribution in [0, 0.1) is 0 Å². The van der Waals surface area contributed by atoms with Gasteiger partial charge in [-0.1, -0.05) is 194 Å². The van der Waals surface area contributed by atoms with Gasteiger partial charge in [-0.05, 0) is 101 Å². The van der Waals surface area contributed by atoms with Crippen molar-refractivity contribution in [3.63, 3.8) is 0 Å². The fraction of sp³-hybridized carbons (Fsp3) is 0. The van der Waals surface area contributed by atoms with E-state index in [2.05, 4.69) is 218 Å². The maximum atomic E-state index is 5.25. The first kappa shape index (κ1) is 33.6. The van der Waals surface area contributed by atoms with Crippen molar-refractivity contribution in [2.75, 3.05) is 0 Å². The van der Waals surface area contributed by atoms with Crippen molar-refractivity contribution in [3.05, 3.63) is 218 Å². The summed E-state index contributed by atoms with van der Waals surface area (Å²) < 4.78 is 0. The van der Waals surface area contributed by atoms with Crippen molar-refractivity contribution in [2.24, 2.45) is 0 Å². The lowest BCUT2D eigenvalue weighted by molar-refractivity contribution is 1.18. The summed E-state index contributed by atoms with van der Waals surface area (Å²) in [6.45, 7) is 0. The SMILES string of the molecule is c1ccc(-c2cccc(-c3cc(-c4ccc(-c5ccc6ccccc6c5)cc4)nc(-c4ccc(-c5c6ccccc6cc6c5ccc5ccccc56)cc4)n3)c2)cc1. The highest BCUT2D eigenvalue weighted by molar-refractivity contribution is 6.20. The third-order valence-corrected chi connectivity index (χ3v) is 11.5. The monoisotopic (exact) mass is 736 g/mol. The van der Waals surface area contributed by atoms with Crippen LogP contribution < -0.4 is 0 Å². The summed E-state index contributed by atoms with van der Waals surface area (Å²) in [5, 5.41) is 9.98. The number of aromatic nitrogens is 2. The minimum absolute atomic E-state index is 0.691. The molecule has 0 saturated heterocycles. The van der Waals surface area contributed by atoms with E-state index in [0.29, 0.717) is 5.82 Å². The first-order valence-corrected chi connectivity index (χ1v) is 19.8. The molecule has 0 aliphatic heterocycles. The Bertz CT molecular complexity index is 3310. The van der Waals surface area contributed by atoms with Crippen molar-refractivity contribution in [3.8, 4) is 67.3 Å². The van der Waals surface area contributed by atoms with Gasteiger partial charge in [-0.15, -0.1) is 0 Å². The molecule has 0 bridgehead atoms. The molecule has 0 N–H and O–H groups in total. The summed E-state index contributed by atoms with van der Waals surface area (Å²) in [5.41, 5.74) is 11.9. The second kappa shape index (κ2) is 14.1. The molecule has 1 heterocycles. The number of benzene rings is 10. The van der Waals surface area contributed by atoms with Crippen LogP contribution in [0.3, 0.4) is 0 Å². The summed E-state index contributed by atoms with van der Waals surface area (Å²) >= 11 is 0. The molecule has 0 aliphatic carbocycles. The maximum Gasteiger partial charge on any atom is 0.160 e. The van der Waals surface area contributed by atoms with Gasteiger partial charge >= 0.3 is 0 Å². The molecule has 10 aromatic carbocycles. The second-order valence-corrected chi connectivity index (χ2v) is 15.0. The van der Waals surface area contributed by atoms with Crippen LogP contribution in [-0.4, -0.2) is 9.97 Å². The van der Waals surface area contributed by atoms with E-state index in [4.69, 9.17) is 9.97 Å². The minimum Gasteiger partial charge on any atom is -0.228 e. The predicted octanol–water partition coefficient (Wildman–Crippen LogP) is 15.1. The van der Waals surface area contributed by atoms with Gasteiger partial charge in [0.15, 0.2) is 5.82 Å². The van der Waals surface area contributed by atoms with Crippen molar-refractivity contribution < 1.29 is 0 Å². The molecular formula is C56H36N2. The molecule has 0 aliphatic rings. The highest BCUT2D eigenvalue weighted by Gasteiger charge is 2.15. The standard InChI is InChI=1S/C56H36N2/c1-2-11-37(12-3-1)45-17-10-18-48(34-45)54-36-53(41-24-21-39(22-25-41)46-30-23-38-13-4-5-15-44(38)33-46)57-56(58-54)43-28-26-42(27-29-43)55-50-20-9-7-16-47(50)35-52-49-19-8-6-14-40(49)31-32-51(52)55/h1-36H. The average Bonchev–Trinajstić information content (AvgIpc) is 3.31. The van der Waals surface area contributed by atoms with Crippen LogP contribution in [0.15, 0.2) is 218 Å². The highest BCUT2D eigenvalue weighted by atomic mass is 14.9. The summed E-state index contributed by atoms with van der Waals surface area (Å²) in [6.07, 6.45) is 0. The number of rotatable bonds is 6. The Balaban J connectivity index is 1.03. The first-order chi connectivity index (χ1) is 28.7. The molecule has 0 fully saturated rings. The smallest absolute Gasteiger partial charge is 0.160 e. The van der Waals surface area contributed by atoms with Crippen LogP contribution >= 0.6 is 0 Å². The van der Waals surface area contributed by atoms with Gasteiger partial charge in [-0.25, -0.2) is 9.97 Å². The highest BCUT2D eigenvalue weighted by Crippen LogP contribution is 2.40. The molecular weight excluding hydrogens is 701 g/mol. The van der Waals surface area contributed by atoms with E-state index in [9.17, 15) is 0 Å². The van der Waals surface area contributed by atoms with Gasteiger partial charge in [0.1, 0.15) is 0 Å². The molecule has 0 spiro atoms. The van der Waals surface area contributed by atoms with E-state index < -0.39 is 0 Å². The molecule has 2 heteroatoms. The number of hydrogen-bond acceptors (Lipinski definition) is 2. The lowest BCUT2D eigenvalue weighted by Crippen LogP contribution is -1.96. The Morgan fingerprint density at radius 3 is 1.57 bits per heavy atom. The van der Waals surface area contributed by atoms with Crippen LogP contribution in [0.1, 0.15) is 0 Å². The molecule has 2 nitrogen and oxygen atoms in total. The van der Waals surface area contributed by atoms with Crippen molar-refractivity contribution in [1.29, 1.82) is 0 Å². The van der Waals surface area contributed by atoms with Gasteiger partial charge in [-0.2, -0.15) is 0 Å². The normalized spacial score (nSPS) is 11.4. The lowest BCUT2D eigenvalue weighted by Gasteiger charge is -2.15. The summed E-state index contributed by atoms with van der Waals surface area (Å²) in [5.74, 6) is 0.691. The topological polar surface area (TPSA) is 25.8 Å². The van der Waals surface area contributed by atoms with Gasteiger partial charge in [0, 0.05) is 16.7 Å². The first-order valence-electron chi connectivity index (χ1n) is 19.8. The zero-order chi connectivity index (χ0) is 38.4. The van der Waals surface area contributed by atoms with Gasteiger partial charge in [0.25, 0.3) is 0 Å². The average molecular weight is 737 g/mol. The molecule has 1 aromatic heterocycles. The van der Waals surface area contributed by atoms with Crippen LogP contribution in [-0.2, 0) is 0 Å². The fourth-order valence-corrected chi connectivity index (χ4v) is 8.48. The molecule has 0 saturated carbocycles. The molecule has 0 radical (unpaired) electrons. The van der Waals surface area contributed by atoms with E-state index in [1.165, 1.54) is 65.3 Å². The molecule has 0 amide bonds. The van der Waals surface area contributed by atoms with Gasteiger partial charge < -0.3 is 0 Å². The minimum atomic E-state index is 0.691.